The van der Waals surface area contributed by atoms with Gasteiger partial charge in [0, 0.05) is 25.2 Å². The molecule has 1 atom stereocenters. The van der Waals surface area contributed by atoms with Crippen LogP contribution in [0.2, 0.25) is 0 Å². The lowest BCUT2D eigenvalue weighted by molar-refractivity contribution is -0.117. The van der Waals surface area contributed by atoms with Gasteiger partial charge in [-0.25, -0.2) is 4.98 Å². The highest BCUT2D eigenvalue weighted by Gasteiger charge is 2.31. The largest absolute Gasteiger partial charge is 0.481 e. The number of hydrogen-bond donors (Lipinski definition) is 1. The van der Waals surface area contributed by atoms with Crippen LogP contribution < -0.4 is 15.4 Å². The number of nitrogens with two attached hydrogens (primary N) is 1. The van der Waals surface area contributed by atoms with Gasteiger partial charge in [0.25, 0.3) is 0 Å². The van der Waals surface area contributed by atoms with Crippen LogP contribution in [0.5, 0.6) is 5.88 Å². The first-order valence-electron chi connectivity index (χ1n) is 5.12. The topological polar surface area (TPSA) is 81.3 Å². The molecule has 16 heavy (non-hydrogen) atoms. The van der Waals surface area contributed by atoms with E-state index < -0.39 is 0 Å². The lowest BCUT2D eigenvalue weighted by Gasteiger charge is -2.14. The fraction of sp³-hybridized carbons (Fsp3) is 0.500. The Labute approximate surface area is 93.4 Å². The summed E-state index contributed by atoms with van der Waals surface area (Å²) in [6, 6.07) is 1.64. The van der Waals surface area contributed by atoms with E-state index in [0.29, 0.717) is 31.3 Å². The second-order valence-corrected chi connectivity index (χ2v) is 3.71. The van der Waals surface area contributed by atoms with Crippen LogP contribution in [-0.4, -0.2) is 36.1 Å². The second-order valence-electron chi connectivity index (χ2n) is 3.71. The minimum atomic E-state index is 0.0173. The molecule has 0 bridgehead atoms. The Morgan fingerprint density at radius 2 is 2.50 bits per heavy atom. The number of rotatable bonds is 3. The van der Waals surface area contributed by atoms with Gasteiger partial charge < -0.3 is 10.5 Å². The zero-order valence-corrected chi connectivity index (χ0v) is 9.09. The van der Waals surface area contributed by atoms with Crippen molar-refractivity contribution in [1.82, 2.24) is 9.97 Å². The molecule has 1 amide bonds. The van der Waals surface area contributed by atoms with Gasteiger partial charge in [-0.2, -0.15) is 4.98 Å². The molecule has 0 spiro atoms. The van der Waals surface area contributed by atoms with E-state index in [1.54, 1.807) is 17.2 Å². The maximum atomic E-state index is 11.7. The van der Waals surface area contributed by atoms with Gasteiger partial charge in [0.1, 0.15) is 0 Å². The molecular formula is C10H14N4O2. The van der Waals surface area contributed by atoms with E-state index in [9.17, 15) is 4.79 Å². The van der Waals surface area contributed by atoms with Crippen molar-refractivity contribution >= 4 is 11.9 Å². The van der Waals surface area contributed by atoms with Crippen molar-refractivity contribution < 1.29 is 9.53 Å². The molecule has 1 fully saturated rings. The molecule has 1 saturated heterocycles. The van der Waals surface area contributed by atoms with Crippen molar-refractivity contribution in [3.05, 3.63) is 12.3 Å². The van der Waals surface area contributed by atoms with Crippen LogP contribution in [0.15, 0.2) is 12.3 Å². The third-order valence-corrected chi connectivity index (χ3v) is 2.61. The molecule has 86 valence electrons. The predicted octanol–water partition coefficient (Wildman–Crippen LogP) is -0.203. The average Bonchev–Trinajstić information content (AvgIpc) is 2.71. The fourth-order valence-corrected chi connectivity index (χ4v) is 1.71. The Bertz CT molecular complexity index is 396. The summed E-state index contributed by atoms with van der Waals surface area (Å²) < 4.78 is 4.99. The van der Waals surface area contributed by atoms with Crippen molar-refractivity contribution in [3.63, 3.8) is 0 Å². The first-order valence-corrected chi connectivity index (χ1v) is 5.12. The number of ether oxygens (including phenoxy) is 1. The van der Waals surface area contributed by atoms with Crippen molar-refractivity contribution in [2.75, 3.05) is 25.1 Å². The standard InChI is InChI=1S/C10H14N4O2/c1-16-8-2-3-12-10(13-8)14-6-7(5-11)4-9(14)15/h2-3,7H,4-6,11H2,1H3. The highest BCUT2D eigenvalue weighted by molar-refractivity contribution is 5.94. The molecule has 1 aromatic rings. The molecule has 6 heteroatoms. The first kappa shape index (κ1) is 10.8. The Morgan fingerprint density at radius 3 is 3.12 bits per heavy atom. The van der Waals surface area contributed by atoms with E-state index in [-0.39, 0.29) is 11.8 Å². The predicted molar refractivity (Wildman–Crippen MR) is 58.1 cm³/mol. The van der Waals surface area contributed by atoms with Gasteiger partial charge in [0.15, 0.2) is 0 Å². The Morgan fingerprint density at radius 1 is 1.69 bits per heavy atom. The molecule has 0 aromatic carbocycles. The van der Waals surface area contributed by atoms with E-state index >= 15 is 0 Å². The molecule has 2 rings (SSSR count). The normalized spacial score (nSPS) is 20.2. The van der Waals surface area contributed by atoms with Gasteiger partial charge in [-0.3, -0.25) is 9.69 Å². The monoisotopic (exact) mass is 222 g/mol. The molecule has 0 saturated carbocycles. The SMILES string of the molecule is COc1ccnc(N2CC(CN)CC2=O)n1. The molecular weight excluding hydrogens is 208 g/mol. The molecule has 1 aliphatic heterocycles. The van der Waals surface area contributed by atoms with Gasteiger partial charge in [-0.1, -0.05) is 0 Å². The minimum absolute atomic E-state index is 0.0173. The van der Waals surface area contributed by atoms with E-state index in [1.807, 2.05) is 0 Å². The number of anilines is 1. The highest BCUT2D eigenvalue weighted by atomic mass is 16.5. The number of carbonyl (C=O) groups is 1. The number of nitrogens with zero attached hydrogens (tertiary/aromatic N) is 3. The van der Waals surface area contributed by atoms with Crippen molar-refractivity contribution in [3.8, 4) is 5.88 Å². The summed E-state index contributed by atoms with van der Waals surface area (Å²) in [5.41, 5.74) is 5.55. The maximum absolute atomic E-state index is 11.7. The van der Waals surface area contributed by atoms with E-state index in [4.69, 9.17) is 10.5 Å². The Hall–Kier alpha value is -1.69. The van der Waals surface area contributed by atoms with Gasteiger partial charge in [0.2, 0.25) is 17.7 Å². The quantitative estimate of drug-likeness (QED) is 0.765. The zero-order chi connectivity index (χ0) is 11.5. The smallest absolute Gasteiger partial charge is 0.235 e. The summed E-state index contributed by atoms with van der Waals surface area (Å²) in [5.74, 6) is 1.06. The first-order chi connectivity index (χ1) is 7.74. The maximum Gasteiger partial charge on any atom is 0.235 e. The van der Waals surface area contributed by atoms with Crippen LogP contribution in [-0.2, 0) is 4.79 Å². The summed E-state index contributed by atoms with van der Waals surface area (Å²) in [6.07, 6.45) is 2.04. The highest BCUT2D eigenvalue weighted by Crippen LogP contribution is 2.22. The number of carbonyl (C=O) groups excluding carboxylic acids is 1. The molecule has 2 heterocycles. The van der Waals surface area contributed by atoms with Gasteiger partial charge in [-0.15, -0.1) is 0 Å². The van der Waals surface area contributed by atoms with E-state index in [0.717, 1.165) is 0 Å². The van der Waals surface area contributed by atoms with Crippen LogP contribution in [0.4, 0.5) is 5.95 Å². The van der Waals surface area contributed by atoms with Gasteiger partial charge in [-0.05, 0) is 12.5 Å². The van der Waals surface area contributed by atoms with Crippen LogP contribution >= 0.6 is 0 Å². The van der Waals surface area contributed by atoms with Gasteiger partial charge in [0.05, 0.1) is 7.11 Å². The molecule has 1 unspecified atom stereocenters. The third kappa shape index (κ3) is 1.96. The molecule has 6 nitrogen and oxygen atoms in total. The summed E-state index contributed by atoms with van der Waals surface area (Å²) in [5, 5.41) is 0. The van der Waals surface area contributed by atoms with Crippen molar-refractivity contribution in [1.29, 1.82) is 0 Å². The molecule has 1 aromatic heterocycles. The summed E-state index contributed by atoms with van der Waals surface area (Å²) in [7, 11) is 1.53. The van der Waals surface area contributed by atoms with Crippen LogP contribution in [0.25, 0.3) is 0 Å². The zero-order valence-electron chi connectivity index (χ0n) is 9.09. The summed E-state index contributed by atoms with van der Waals surface area (Å²) >= 11 is 0. The summed E-state index contributed by atoms with van der Waals surface area (Å²) in [4.78, 5) is 21.4. The lowest BCUT2D eigenvalue weighted by atomic mass is 10.1. The van der Waals surface area contributed by atoms with Crippen LogP contribution in [0.1, 0.15) is 6.42 Å². The van der Waals surface area contributed by atoms with E-state index in [1.165, 1.54) is 7.11 Å². The third-order valence-electron chi connectivity index (χ3n) is 2.61. The number of aromatic nitrogens is 2. The van der Waals surface area contributed by atoms with Crippen molar-refractivity contribution in [2.24, 2.45) is 11.7 Å². The Kier molecular flexibility index (Phi) is 3.00. The average molecular weight is 222 g/mol. The number of hydrogen-bond acceptors (Lipinski definition) is 5. The molecule has 2 N–H and O–H groups in total. The van der Waals surface area contributed by atoms with Crippen LogP contribution in [0, 0.1) is 5.92 Å². The molecule has 1 aliphatic rings. The Balaban J connectivity index is 2.20. The summed E-state index contributed by atoms with van der Waals surface area (Å²) in [6.45, 7) is 1.09. The lowest BCUT2D eigenvalue weighted by Crippen LogP contribution is -2.27. The van der Waals surface area contributed by atoms with E-state index in [2.05, 4.69) is 9.97 Å². The number of methoxy groups -OCH3 is 1. The molecule has 0 radical (unpaired) electrons. The van der Waals surface area contributed by atoms with Gasteiger partial charge >= 0.3 is 0 Å². The second kappa shape index (κ2) is 4.44. The van der Waals surface area contributed by atoms with Crippen molar-refractivity contribution in [2.45, 2.75) is 6.42 Å². The minimum Gasteiger partial charge on any atom is -0.481 e. The fourth-order valence-electron chi connectivity index (χ4n) is 1.71. The number of amides is 1. The molecule has 0 aliphatic carbocycles. The van der Waals surface area contributed by atoms with Crippen LogP contribution in [0.3, 0.4) is 0 Å².